The molecule has 1 rings (SSSR count). The fourth-order valence-corrected chi connectivity index (χ4v) is 1.12. The van der Waals surface area contributed by atoms with Crippen molar-refractivity contribution in [1.29, 1.82) is 0 Å². The topological polar surface area (TPSA) is 69.9 Å². The molecule has 1 aromatic rings. The summed E-state index contributed by atoms with van der Waals surface area (Å²) in [6.45, 7) is 0.357. The average Bonchev–Trinajstić information content (AvgIpc) is 2.26. The number of phenolic OH excluding ortho intramolecular Hbond substituents is 1. The van der Waals surface area contributed by atoms with Gasteiger partial charge in [-0.2, -0.15) is 0 Å². The van der Waals surface area contributed by atoms with Crippen LogP contribution in [0.2, 0.25) is 0 Å². The third-order valence-corrected chi connectivity index (χ3v) is 1.99. The molecule has 0 aromatic heterocycles. The van der Waals surface area contributed by atoms with Crippen molar-refractivity contribution in [3.05, 3.63) is 29.8 Å². The summed E-state index contributed by atoms with van der Waals surface area (Å²) < 4.78 is 5.15. The van der Waals surface area contributed by atoms with Crippen LogP contribution < -0.4 is 0 Å². The molecule has 15 heavy (non-hydrogen) atoms. The second-order valence-electron chi connectivity index (χ2n) is 3.33. The molecule has 0 saturated carbocycles. The summed E-state index contributed by atoms with van der Waals surface area (Å²) in [5, 5.41) is 26.5. The molecule has 0 amide bonds. The molecule has 4 nitrogen and oxygen atoms in total. The van der Waals surface area contributed by atoms with Gasteiger partial charge in [-0.15, -0.1) is 0 Å². The van der Waals surface area contributed by atoms with Gasteiger partial charge in [-0.1, -0.05) is 12.1 Å². The van der Waals surface area contributed by atoms with Crippen LogP contribution in [0.15, 0.2) is 24.3 Å². The van der Waals surface area contributed by atoms with E-state index in [4.69, 9.17) is 20.1 Å². The quantitative estimate of drug-likeness (QED) is 0.593. The van der Waals surface area contributed by atoms with Crippen LogP contribution in [-0.4, -0.2) is 41.2 Å². The fourth-order valence-electron chi connectivity index (χ4n) is 1.12. The summed E-state index contributed by atoms with van der Waals surface area (Å²) in [5.41, 5.74) is 1.06. The fraction of sp³-hybridized carbons (Fsp3) is 0.455. The lowest BCUT2D eigenvalue weighted by Crippen LogP contribution is -2.20. The highest BCUT2D eigenvalue weighted by molar-refractivity contribution is 5.25. The Morgan fingerprint density at radius 1 is 1.20 bits per heavy atom. The number of aromatic hydroxyl groups is 1. The lowest BCUT2D eigenvalue weighted by atomic mass is 10.1. The van der Waals surface area contributed by atoms with E-state index in [2.05, 4.69) is 0 Å². The molecule has 1 atom stereocenters. The molecular formula is C11H16O4. The first-order valence-electron chi connectivity index (χ1n) is 4.87. The smallest absolute Gasteiger partial charge is 0.115 e. The van der Waals surface area contributed by atoms with E-state index < -0.39 is 6.10 Å². The minimum absolute atomic E-state index is 0.147. The number of rotatable bonds is 6. The van der Waals surface area contributed by atoms with Gasteiger partial charge in [0.25, 0.3) is 0 Å². The van der Waals surface area contributed by atoms with Gasteiger partial charge >= 0.3 is 0 Å². The van der Waals surface area contributed by atoms with E-state index in [1.807, 2.05) is 12.1 Å². The lowest BCUT2D eigenvalue weighted by Gasteiger charge is -2.08. The molecule has 4 heteroatoms. The Kier molecular flexibility index (Phi) is 5.10. The minimum atomic E-state index is -0.801. The van der Waals surface area contributed by atoms with Gasteiger partial charge in [-0.05, 0) is 24.1 Å². The Morgan fingerprint density at radius 2 is 1.87 bits per heavy atom. The second kappa shape index (κ2) is 6.40. The highest BCUT2D eigenvalue weighted by atomic mass is 16.5. The van der Waals surface area contributed by atoms with Crippen molar-refractivity contribution in [1.82, 2.24) is 0 Å². The molecule has 0 aliphatic carbocycles. The van der Waals surface area contributed by atoms with Crippen LogP contribution in [0.3, 0.4) is 0 Å². The standard InChI is InChI=1S/C11H16O4/c12-7-11(14)8-15-6-5-9-1-3-10(13)4-2-9/h1-4,11-14H,5-8H2. The minimum Gasteiger partial charge on any atom is -0.508 e. The molecule has 84 valence electrons. The van der Waals surface area contributed by atoms with Crippen molar-refractivity contribution in [2.75, 3.05) is 19.8 Å². The Bertz CT molecular complexity index is 270. The monoisotopic (exact) mass is 212 g/mol. The van der Waals surface area contributed by atoms with Crippen molar-refractivity contribution in [2.24, 2.45) is 0 Å². The molecule has 1 aromatic carbocycles. The van der Waals surface area contributed by atoms with Crippen molar-refractivity contribution in [2.45, 2.75) is 12.5 Å². The zero-order valence-electron chi connectivity index (χ0n) is 8.47. The molecule has 0 heterocycles. The zero-order chi connectivity index (χ0) is 11.1. The first kappa shape index (κ1) is 12.0. The third-order valence-electron chi connectivity index (χ3n) is 1.99. The maximum absolute atomic E-state index is 9.04. The molecule has 0 aliphatic rings. The number of ether oxygens (including phenoxy) is 1. The molecule has 0 bridgehead atoms. The van der Waals surface area contributed by atoms with Crippen LogP contribution >= 0.6 is 0 Å². The van der Waals surface area contributed by atoms with E-state index in [0.717, 1.165) is 12.0 Å². The largest absolute Gasteiger partial charge is 0.508 e. The van der Waals surface area contributed by atoms with Gasteiger partial charge in [0, 0.05) is 0 Å². The number of phenols is 1. The van der Waals surface area contributed by atoms with E-state index in [9.17, 15) is 0 Å². The molecule has 0 aliphatic heterocycles. The van der Waals surface area contributed by atoms with Gasteiger partial charge in [0.2, 0.25) is 0 Å². The predicted octanol–water partition coefficient (Wildman–Crippen LogP) is 0.304. The summed E-state index contributed by atoms with van der Waals surface area (Å²) in [7, 11) is 0. The van der Waals surface area contributed by atoms with Crippen molar-refractivity contribution >= 4 is 0 Å². The van der Waals surface area contributed by atoms with E-state index >= 15 is 0 Å². The molecule has 0 saturated heterocycles. The van der Waals surface area contributed by atoms with Gasteiger partial charge in [0.05, 0.1) is 19.8 Å². The number of hydrogen-bond acceptors (Lipinski definition) is 4. The Hall–Kier alpha value is -1.10. The van der Waals surface area contributed by atoms with E-state index in [-0.39, 0.29) is 19.0 Å². The Balaban J connectivity index is 2.17. The van der Waals surface area contributed by atoms with Gasteiger partial charge < -0.3 is 20.1 Å². The molecule has 0 radical (unpaired) electrons. The molecule has 3 N–H and O–H groups in total. The number of aliphatic hydroxyl groups excluding tert-OH is 2. The normalized spacial score (nSPS) is 12.7. The highest BCUT2D eigenvalue weighted by Gasteiger charge is 2.01. The maximum atomic E-state index is 9.04. The SMILES string of the molecule is OCC(O)COCCc1ccc(O)cc1. The summed E-state index contributed by atoms with van der Waals surface area (Å²) in [6, 6.07) is 6.89. The van der Waals surface area contributed by atoms with Gasteiger partial charge in [0.1, 0.15) is 11.9 Å². The molecule has 0 fully saturated rings. The summed E-state index contributed by atoms with van der Waals surface area (Å²) in [6.07, 6.45) is -0.0804. The first-order chi connectivity index (χ1) is 7.22. The summed E-state index contributed by atoms with van der Waals surface area (Å²) >= 11 is 0. The van der Waals surface area contributed by atoms with Crippen LogP contribution in [-0.2, 0) is 11.2 Å². The van der Waals surface area contributed by atoms with E-state index in [0.29, 0.717) is 6.61 Å². The van der Waals surface area contributed by atoms with Crippen LogP contribution in [0.25, 0.3) is 0 Å². The van der Waals surface area contributed by atoms with Crippen LogP contribution in [0.5, 0.6) is 5.75 Å². The molecule has 0 spiro atoms. The Morgan fingerprint density at radius 3 is 2.47 bits per heavy atom. The van der Waals surface area contributed by atoms with Gasteiger partial charge in [-0.25, -0.2) is 0 Å². The lowest BCUT2D eigenvalue weighted by molar-refractivity contribution is 0.00722. The number of benzene rings is 1. The van der Waals surface area contributed by atoms with Gasteiger partial charge in [-0.3, -0.25) is 0 Å². The first-order valence-corrected chi connectivity index (χ1v) is 4.87. The van der Waals surface area contributed by atoms with Crippen molar-refractivity contribution in [3.8, 4) is 5.75 Å². The van der Waals surface area contributed by atoms with E-state index in [1.165, 1.54) is 0 Å². The van der Waals surface area contributed by atoms with Crippen molar-refractivity contribution in [3.63, 3.8) is 0 Å². The van der Waals surface area contributed by atoms with Crippen LogP contribution in [0.1, 0.15) is 5.56 Å². The van der Waals surface area contributed by atoms with Gasteiger partial charge in [0.15, 0.2) is 0 Å². The average molecular weight is 212 g/mol. The Labute approximate surface area is 88.8 Å². The molecular weight excluding hydrogens is 196 g/mol. The summed E-state index contributed by atoms with van der Waals surface area (Å²) in [5.74, 6) is 0.246. The number of hydrogen-bond donors (Lipinski definition) is 3. The highest BCUT2D eigenvalue weighted by Crippen LogP contribution is 2.09. The predicted molar refractivity (Wildman–Crippen MR) is 55.7 cm³/mol. The van der Waals surface area contributed by atoms with Crippen LogP contribution in [0, 0.1) is 0 Å². The van der Waals surface area contributed by atoms with E-state index in [1.54, 1.807) is 12.1 Å². The third kappa shape index (κ3) is 4.78. The van der Waals surface area contributed by atoms with Crippen molar-refractivity contribution < 1.29 is 20.1 Å². The number of aliphatic hydroxyl groups is 2. The zero-order valence-corrected chi connectivity index (χ0v) is 8.47. The van der Waals surface area contributed by atoms with Crippen LogP contribution in [0.4, 0.5) is 0 Å². The summed E-state index contributed by atoms with van der Waals surface area (Å²) in [4.78, 5) is 0. The second-order valence-corrected chi connectivity index (χ2v) is 3.33. The maximum Gasteiger partial charge on any atom is 0.115 e. The molecule has 1 unspecified atom stereocenters.